The Bertz CT molecular complexity index is 357. The van der Waals surface area contributed by atoms with Crippen LogP contribution in [-0.4, -0.2) is 6.04 Å². The van der Waals surface area contributed by atoms with Gasteiger partial charge in [0.2, 0.25) is 0 Å². The van der Waals surface area contributed by atoms with Crippen LogP contribution < -0.4 is 5.32 Å². The SMILES string of the molecule is CCC(C)NC(C#N)c1ccccc1F. The van der Waals surface area contributed by atoms with E-state index in [2.05, 4.69) is 11.4 Å². The van der Waals surface area contributed by atoms with Gasteiger partial charge in [0.15, 0.2) is 0 Å². The predicted molar refractivity (Wildman–Crippen MR) is 57.6 cm³/mol. The standard InChI is InChI=1S/C12H15FN2/c1-3-9(2)15-12(8-14)10-6-4-5-7-11(10)13/h4-7,9,12,15H,3H2,1-2H3. The summed E-state index contributed by atoms with van der Waals surface area (Å²) >= 11 is 0. The minimum atomic E-state index is -0.568. The fraction of sp³-hybridized carbons (Fsp3) is 0.417. The number of hydrogen-bond acceptors (Lipinski definition) is 2. The van der Waals surface area contributed by atoms with Gasteiger partial charge in [0.1, 0.15) is 11.9 Å². The topological polar surface area (TPSA) is 35.8 Å². The normalized spacial score (nSPS) is 14.3. The van der Waals surface area contributed by atoms with Crippen molar-refractivity contribution in [2.75, 3.05) is 0 Å². The van der Waals surface area contributed by atoms with Gasteiger partial charge in [0.05, 0.1) is 6.07 Å². The zero-order valence-corrected chi connectivity index (χ0v) is 9.00. The Labute approximate surface area is 89.7 Å². The number of nitrogens with one attached hydrogen (secondary N) is 1. The van der Waals surface area contributed by atoms with Crippen LogP contribution in [-0.2, 0) is 0 Å². The smallest absolute Gasteiger partial charge is 0.129 e. The third-order valence-electron chi connectivity index (χ3n) is 2.41. The van der Waals surface area contributed by atoms with Crippen LogP contribution in [0, 0.1) is 17.1 Å². The van der Waals surface area contributed by atoms with Crippen LogP contribution in [0.15, 0.2) is 24.3 Å². The third kappa shape index (κ3) is 3.03. The Morgan fingerprint density at radius 2 is 2.13 bits per heavy atom. The molecule has 0 aromatic heterocycles. The van der Waals surface area contributed by atoms with Crippen molar-refractivity contribution in [3.63, 3.8) is 0 Å². The molecule has 1 aromatic carbocycles. The highest BCUT2D eigenvalue weighted by Crippen LogP contribution is 2.16. The van der Waals surface area contributed by atoms with Crippen molar-refractivity contribution in [2.24, 2.45) is 0 Å². The first-order chi connectivity index (χ1) is 7.19. The molecule has 1 rings (SSSR count). The lowest BCUT2D eigenvalue weighted by molar-refractivity contribution is 0.485. The highest BCUT2D eigenvalue weighted by Gasteiger charge is 2.15. The minimum Gasteiger partial charge on any atom is -0.296 e. The van der Waals surface area contributed by atoms with Gasteiger partial charge in [-0.3, -0.25) is 5.32 Å². The van der Waals surface area contributed by atoms with E-state index in [0.717, 1.165) is 6.42 Å². The second-order valence-corrected chi connectivity index (χ2v) is 3.56. The Balaban J connectivity index is 2.85. The largest absolute Gasteiger partial charge is 0.296 e. The van der Waals surface area contributed by atoms with Gasteiger partial charge in [-0.2, -0.15) is 5.26 Å². The van der Waals surface area contributed by atoms with Crippen molar-refractivity contribution >= 4 is 0 Å². The molecule has 2 nitrogen and oxygen atoms in total. The Morgan fingerprint density at radius 1 is 1.47 bits per heavy atom. The quantitative estimate of drug-likeness (QED) is 0.822. The maximum Gasteiger partial charge on any atom is 0.129 e. The molecule has 0 saturated heterocycles. The van der Waals surface area contributed by atoms with E-state index >= 15 is 0 Å². The van der Waals surface area contributed by atoms with E-state index in [4.69, 9.17) is 5.26 Å². The van der Waals surface area contributed by atoms with Crippen molar-refractivity contribution in [1.29, 1.82) is 5.26 Å². The number of rotatable bonds is 4. The molecule has 15 heavy (non-hydrogen) atoms. The summed E-state index contributed by atoms with van der Waals surface area (Å²) in [4.78, 5) is 0. The molecule has 0 fully saturated rings. The molecule has 0 aliphatic carbocycles. The molecule has 0 radical (unpaired) electrons. The fourth-order valence-electron chi connectivity index (χ4n) is 1.31. The van der Waals surface area contributed by atoms with Crippen LogP contribution in [0.25, 0.3) is 0 Å². The van der Waals surface area contributed by atoms with Crippen molar-refractivity contribution in [2.45, 2.75) is 32.4 Å². The molecule has 1 aromatic rings. The van der Waals surface area contributed by atoms with Gasteiger partial charge in [-0.1, -0.05) is 25.1 Å². The van der Waals surface area contributed by atoms with Gasteiger partial charge >= 0.3 is 0 Å². The van der Waals surface area contributed by atoms with Gasteiger partial charge in [0, 0.05) is 11.6 Å². The second kappa shape index (κ2) is 5.47. The highest BCUT2D eigenvalue weighted by molar-refractivity contribution is 5.25. The summed E-state index contributed by atoms with van der Waals surface area (Å²) < 4.78 is 13.4. The van der Waals surface area contributed by atoms with Crippen LogP contribution >= 0.6 is 0 Å². The Morgan fingerprint density at radius 3 is 2.67 bits per heavy atom. The van der Waals surface area contributed by atoms with Gasteiger partial charge in [-0.25, -0.2) is 4.39 Å². The van der Waals surface area contributed by atoms with Crippen LogP contribution in [0.3, 0.4) is 0 Å². The molecule has 2 unspecified atom stereocenters. The van der Waals surface area contributed by atoms with Crippen LogP contribution in [0.5, 0.6) is 0 Å². The van der Waals surface area contributed by atoms with E-state index in [-0.39, 0.29) is 11.9 Å². The molecule has 80 valence electrons. The number of halogens is 1. The number of benzene rings is 1. The number of hydrogen-bond donors (Lipinski definition) is 1. The Hall–Kier alpha value is -1.40. The van der Waals surface area contributed by atoms with Gasteiger partial charge in [0.25, 0.3) is 0 Å². The van der Waals surface area contributed by atoms with E-state index in [1.54, 1.807) is 18.2 Å². The van der Waals surface area contributed by atoms with Gasteiger partial charge in [-0.15, -0.1) is 0 Å². The molecule has 3 heteroatoms. The van der Waals surface area contributed by atoms with E-state index in [9.17, 15) is 4.39 Å². The van der Waals surface area contributed by atoms with E-state index in [1.165, 1.54) is 6.07 Å². The van der Waals surface area contributed by atoms with Gasteiger partial charge in [-0.05, 0) is 19.4 Å². The molecule has 0 aliphatic heterocycles. The maximum absolute atomic E-state index is 13.4. The summed E-state index contributed by atoms with van der Waals surface area (Å²) in [5.41, 5.74) is 0.417. The van der Waals surface area contributed by atoms with Crippen molar-refractivity contribution in [3.8, 4) is 6.07 Å². The Kier molecular flexibility index (Phi) is 4.26. The molecule has 2 atom stereocenters. The zero-order chi connectivity index (χ0) is 11.3. The molecule has 0 heterocycles. The lowest BCUT2D eigenvalue weighted by Gasteiger charge is -2.17. The summed E-state index contributed by atoms with van der Waals surface area (Å²) in [6.45, 7) is 4.00. The molecule has 0 aliphatic rings. The van der Waals surface area contributed by atoms with E-state index < -0.39 is 6.04 Å². The first-order valence-corrected chi connectivity index (χ1v) is 5.09. The maximum atomic E-state index is 13.4. The average Bonchev–Trinajstić information content (AvgIpc) is 2.26. The molecule has 0 spiro atoms. The van der Waals surface area contributed by atoms with Crippen molar-refractivity contribution < 1.29 is 4.39 Å². The summed E-state index contributed by atoms with van der Waals surface area (Å²) in [5.74, 6) is -0.333. The molecule has 1 N–H and O–H groups in total. The van der Waals surface area contributed by atoms with Gasteiger partial charge < -0.3 is 0 Å². The zero-order valence-electron chi connectivity index (χ0n) is 9.00. The van der Waals surface area contributed by atoms with Crippen molar-refractivity contribution in [1.82, 2.24) is 5.32 Å². The first-order valence-electron chi connectivity index (χ1n) is 5.09. The molecule has 0 bridgehead atoms. The minimum absolute atomic E-state index is 0.203. The fourth-order valence-corrected chi connectivity index (χ4v) is 1.31. The molecule has 0 saturated carbocycles. The first kappa shape index (κ1) is 11.7. The highest BCUT2D eigenvalue weighted by atomic mass is 19.1. The third-order valence-corrected chi connectivity index (χ3v) is 2.41. The second-order valence-electron chi connectivity index (χ2n) is 3.56. The summed E-state index contributed by atoms with van der Waals surface area (Å²) in [5, 5.41) is 12.0. The lowest BCUT2D eigenvalue weighted by atomic mass is 10.1. The molecular weight excluding hydrogens is 191 g/mol. The molecule has 0 amide bonds. The van der Waals surface area contributed by atoms with E-state index in [1.807, 2.05) is 13.8 Å². The number of nitriles is 1. The van der Waals surface area contributed by atoms with Crippen LogP contribution in [0.1, 0.15) is 31.9 Å². The molecular formula is C12H15FN2. The lowest BCUT2D eigenvalue weighted by Crippen LogP contribution is -2.29. The van der Waals surface area contributed by atoms with Crippen molar-refractivity contribution in [3.05, 3.63) is 35.6 Å². The monoisotopic (exact) mass is 206 g/mol. The predicted octanol–water partition coefficient (Wildman–Crippen LogP) is 2.78. The van der Waals surface area contributed by atoms with E-state index in [0.29, 0.717) is 5.56 Å². The number of nitrogens with zero attached hydrogens (tertiary/aromatic N) is 1. The summed E-state index contributed by atoms with van der Waals surface area (Å²) in [6, 6.07) is 8.08. The summed E-state index contributed by atoms with van der Waals surface area (Å²) in [6.07, 6.45) is 0.909. The summed E-state index contributed by atoms with van der Waals surface area (Å²) in [7, 11) is 0. The van der Waals surface area contributed by atoms with Crippen LogP contribution in [0.4, 0.5) is 4.39 Å². The average molecular weight is 206 g/mol. The van der Waals surface area contributed by atoms with Crippen LogP contribution in [0.2, 0.25) is 0 Å².